The fourth-order valence-electron chi connectivity index (χ4n) is 2.15. The average molecular weight is 300 g/mol. The Morgan fingerprint density at radius 2 is 1.95 bits per heavy atom. The maximum atomic E-state index is 12.1. The van der Waals surface area contributed by atoms with Gasteiger partial charge >= 0.3 is 0 Å². The van der Waals surface area contributed by atoms with E-state index in [1.807, 2.05) is 35.8 Å². The van der Waals surface area contributed by atoms with E-state index in [0.717, 1.165) is 23.1 Å². The zero-order valence-electron chi connectivity index (χ0n) is 11.4. The number of hydrogen-bond acceptors (Lipinski definition) is 2. The lowest BCUT2D eigenvalue weighted by molar-refractivity contribution is 0.584. The summed E-state index contributed by atoms with van der Waals surface area (Å²) < 4.78 is 26.2. The quantitative estimate of drug-likeness (QED) is 0.864. The number of aryl methyl sites for hydroxylation is 1. The molecule has 0 atom stereocenters. The highest BCUT2D eigenvalue weighted by atomic mass is 35.5. The van der Waals surface area contributed by atoms with Gasteiger partial charge in [0.15, 0.2) is 9.84 Å². The summed E-state index contributed by atoms with van der Waals surface area (Å²) in [7, 11) is -3.10. The van der Waals surface area contributed by atoms with Crippen molar-refractivity contribution in [2.75, 3.05) is 0 Å². The molecule has 3 nitrogen and oxygen atoms in total. The highest BCUT2D eigenvalue weighted by Crippen LogP contribution is 2.25. The first-order valence-corrected chi connectivity index (χ1v) is 8.43. The van der Waals surface area contributed by atoms with Gasteiger partial charge in [-0.1, -0.05) is 17.7 Å². The molecule has 1 aromatic carbocycles. The number of fused-ring (bicyclic) bond motifs is 1. The van der Waals surface area contributed by atoms with Gasteiger partial charge in [0.1, 0.15) is 0 Å². The summed E-state index contributed by atoms with van der Waals surface area (Å²) in [6.07, 6.45) is 0. The van der Waals surface area contributed by atoms with Crippen LogP contribution in [0.3, 0.4) is 0 Å². The molecule has 0 amide bonds. The second kappa shape index (κ2) is 5.17. The van der Waals surface area contributed by atoms with E-state index in [0.29, 0.717) is 5.02 Å². The van der Waals surface area contributed by atoms with Crippen molar-refractivity contribution in [1.29, 1.82) is 0 Å². The normalized spacial score (nSPS) is 12.5. The Kier molecular flexibility index (Phi) is 3.92. The average Bonchev–Trinajstić information content (AvgIpc) is 2.64. The molecule has 0 saturated carbocycles. The number of hydrogen-bond donors (Lipinski definition) is 0. The molecule has 0 aliphatic carbocycles. The van der Waals surface area contributed by atoms with Crippen LogP contribution in [0.5, 0.6) is 0 Å². The summed E-state index contributed by atoms with van der Waals surface area (Å²) in [6.45, 7) is 6.16. The summed E-state index contributed by atoms with van der Waals surface area (Å²) in [5.41, 5.74) is 1.82. The van der Waals surface area contributed by atoms with Gasteiger partial charge in [0, 0.05) is 22.8 Å². The highest BCUT2D eigenvalue weighted by Gasteiger charge is 2.20. The van der Waals surface area contributed by atoms with Crippen molar-refractivity contribution in [2.24, 2.45) is 0 Å². The molecule has 0 unspecified atom stereocenters. The van der Waals surface area contributed by atoms with Crippen LogP contribution in [0.2, 0.25) is 5.02 Å². The van der Waals surface area contributed by atoms with Gasteiger partial charge in [-0.25, -0.2) is 8.42 Å². The van der Waals surface area contributed by atoms with E-state index in [2.05, 4.69) is 0 Å². The number of benzene rings is 1. The minimum absolute atomic E-state index is 0.0742. The molecule has 0 saturated heterocycles. The maximum absolute atomic E-state index is 12.1. The van der Waals surface area contributed by atoms with E-state index in [1.54, 1.807) is 13.8 Å². The van der Waals surface area contributed by atoms with Crippen molar-refractivity contribution >= 4 is 32.3 Å². The molecule has 0 fully saturated rings. The third-order valence-electron chi connectivity index (χ3n) is 3.34. The summed E-state index contributed by atoms with van der Waals surface area (Å²) in [5, 5.41) is 1.33. The van der Waals surface area contributed by atoms with Gasteiger partial charge in [-0.05, 0) is 44.4 Å². The zero-order valence-corrected chi connectivity index (χ0v) is 12.9. The molecule has 19 heavy (non-hydrogen) atoms. The topological polar surface area (TPSA) is 39.1 Å². The molecule has 0 N–H and O–H groups in total. The molecule has 0 bridgehead atoms. The van der Waals surface area contributed by atoms with Gasteiger partial charge in [-0.2, -0.15) is 0 Å². The van der Waals surface area contributed by atoms with Crippen molar-refractivity contribution in [3.63, 3.8) is 0 Å². The van der Waals surface area contributed by atoms with Gasteiger partial charge in [0.05, 0.1) is 11.0 Å². The lowest BCUT2D eigenvalue weighted by Gasteiger charge is -2.10. The van der Waals surface area contributed by atoms with Crippen LogP contribution in [0.15, 0.2) is 24.3 Å². The van der Waals surface area contributed by atoms with Crippen LogP contribution in [0.1, 0.15) is 26.5 Å². The first-order chi connectivity index (χ1) is 8.85. The summed E-state index contributed by atoms with van der Waals surface area (Å²) in [4.78, 5) is 0. The first kappa shape index (κ1) is 14.4. The maximum Gasteiger partial charge on any atom is 0.158 e. The Morgan fingerprint density at radius 3 is 2.53 bits per heavy atom. The van der Waals surface area contributed by atoms with E-state index < -0.39 is 9.84 Å². The Bertz CT molecular complexity index is 702. The predicted molar refractivity (Wildman–Crippen MR) is 80.4 cm³/mol. The van der Waals surface area contributed by atoms with Crippen molar-refractivity contribution < 1.29 is 8.42 Å². The molecule has 0 spiro atoms. The molecule has 2 rings (SSSR count). The number of nitrogens with zero attached hydrogens (tertiary/aromatic N) is 1. The van der Waals surface area contributed by atoms with Gasteiger partial charge < -0.3 is 4.57 Å². The van der Waals surface area contributed by atoms with Gasteiger partial charge in [0.25, 0.3) is 0 Å². The largest absolute Gasteiger partial charge is 0.344 e. The summed E-state index contributed by atoms with van der Waals surface area (Å²) in [6, 6.07) is 7.57. The van der Waals surface area contributed by atoms with Gasteiger partial charge in [-0.15, -0.1) is 0 Å². The van der Waals surface area contributed by atoms with Crippen molar-refractivity contribution in [1.82, 2.24) is 4.57 Å². The Morgan fingerprint density at radius 1 is 1.26 bits per heavy atom. The lowest BCUT2D eigenvalue weighted by atomic mass is 10.2. The SMILES string of the molecule is CCn1c(CS(=O)(=O)C(C)C)cc2ccc(Cl)cc21. The standard InChI is InChI=1S/C14H18ClNO2S/c1-4-16-13(9-19(17,18)10(2)3)7-11-5-6-12(15)8-14(11)16/h5-8,10H,4,9H2,1-3H3. The molecule has 1 heterocycles. The fourth-order valence-corrected chi connectivity index (χ4v) is 3.30. The summed E-state index contributed by atoms with van der Waals surface area (Å²) in [5.74, 6) is 0.0742. The second-order valence-corrected chi connectivity index (χ2v) is 7.93. The monoisotopic (exact) mass is 299 g/mol. The van der Waals surface area contributed by atoms with Crippen molar-refractivity contribution in [3.8, 4) is 0 Å². The van der Waals surface area contributed by atoms with Crippen LogP contribution >= 0.6 is 11.6 Å². The van der Waals surface area contributed by atoms with Crippen LogP contribution < -0.4 is 0 Å². The van der Waals surface area contributed by atoms with E-state index in [4.69, 9.17) is 11.6 Å². The predicted octanol–water partition coefficient (Wildman–Crippen LogP) is 3.64. The summed E-state index contributed by atoms with van der Waals surface area (Å²) >= 11 is 6.01. The third kappa shape index (κ3) is 2.79. The zero-order chi connectivity index (χ0) is 14.2. The smallest absolute Gasteiger partial charge is 0.158 e. The molecule has 0 aliphatic heterocycles. The van der Waals surface area contributed by atoms with Crippen LogP contribution in [0.4, 0.5) is 0 Å². The van der Waals surface area contributed by atoms with E-state index in [-0.39, 0.29) is 11.0 Å². The molecule has 2 aromatic rings. The van der Waals surface area contributed by atoms with Crippen molar-refractivity contribution in [2.45, 2.75) is 38.3 Å². The third-order valence-corrected chi connectivity index (χ3v) is 5.71. The number of aromatic nitrogens is 1. The van der Waals surface area contributed by atoms with Crippen LogP contribution in [0, 0.1) is 0 Å². The van der Waals surface area contributed by atoms with Crippen LogP contribution in [0.25, 0.3) is 10.9 Å². The molecular weight excluding hydrogens is 282 g/mol. The fraction of sp³-hybridized carbons (Fsp3) is 0.429. The minimum Gasteiger partial charge on any atom is -0.344 e. The lowest BCUT2D eigenvalue weighted by Crippen LogP contribution is -2.18. The number of rotatable bonds is 4. The van der Waals surface area contributed by atoms with Crippen LogP contribution in [-0.2, 0) is 22.1 Å². The van der Waals surface area contributed by atoms with Crippen LogP contribution in [-0.4, -0.2) is 18.2 Å². The minimum atomic E-state index is -3.10. The second-order valence-electron chi connectivity index (χ2n) is 4.94. The van der Waals surface area contributed by atoms with E-state index >= 15 is 0 Å². The molecule has 5 heteroatoms. The Balaban J connectivity index is 2.55. The molecule has 0 aliphatic rings. The molecule has 0 radical (unpaired) electrons. The van der Waals surface area contributed by atoms with Crippen molar-refractivity contribution in [3.05, 3.63) is 35.0 Å². The molecular formula is C14H18ClNO2S. The van der Waals surface area contributed by atoms with Gasteiger partial charge in [0.2, 0.25) is 0 Å². The highest BCUT2D eigenvalue weighted by molar-refractivity contribution is 7.91. The Labute approximate surface area is 119 Å². The Hall–Kier alpha value is -1.00. The number of halogens is 1. The molecule has 104 valence electrons. The van der Waals surface area contributed by atoms with E-state index in [9.17, 15) is 8.42 Å². The number of sulfone groups is 1. The van der Waals surface area contributed by atoms with Gasteiger partial charge in [-0.3, -0.25) is 0 Å². The molecule has 1 aromatic heterocycles. The van der Waals surface area contributed by atoms with E-state index in [1.165, 1.54) is 0 Å². The first-order valence-electron chi connectivity index (χ1n) is 6.34.